The topological polar surface area (TPSA) is 31.6 Å². The zero-order chi connectivity index (χ0) is 25.3. The van der Waals surface area contributed by atoms with Gasteiger partial charge in [0.05, 0.1) is 16.6 Å². The Balaban J connectivity index is 1.81. The van der Waals surface area contributed by atoms with Crippen LogP contribution >= 0.6 is 0 Å². The SMILES string of the molecule is Fc1ccc(-c2c3[nH]c4ccccc4c3c(-c3ccccc3)c3[nH]c4ccccc4c23)c(C(F)(F)F)c1. The van der Waals surface area contributed by atoms with Gasteiger partial charge in [-0.15, -0.1) is 0 Å². The number of aromatic amines is 2. The summed E-state index contributed by atoms with van der Waals surface area (Å²) in [6.07, 6.45) is -4.74. The van der Waals surface area contributed by atoms with Crippen molar-refractivity contribution in [3.63, 3.8) is 0 Å². The molecule has 0 saturated heterocycles. The van der Waals surface area contributed by atoms with Gasteiger partial charge in [-0.2, -0.15) is 13.2 Å². The lowest BCUT2D eigenvalue weighted by Gasteiger charge is -2.17. The second-order valence-corrected chi connectivity index (χ2v) is 9.14. The van der Waals surface area contributed by atoms with Crippen molar-refractivity contribution in [1.29, 1.82) is 0 Å². The lowest BCUT2D eigenvalue weighted by atomic mass is 9.88. The fraction of sp³-hybridized carbons (Fsp3) is 0.0323. The third kappa shape index (κ3) is 3.18. The zero-order valence-corrected chi connectivity index (χ0v) is 19.2. The van der Waals surface area contributed by atoms with Gasteiger partial charge in [0.25, 0.3) is 0 Å². The molecular weight excluding hydrogens is 476 g/mol. The average molecular weight is 494 g/mol. The Bertz CT molecular complexity index is 1970. The Kier molecular flexibility index (Phi) is 4.52. The second kappa shape index (κ2) is 7.71. The number of para-hydroxylation sites is 2. The molecule has 0 aliphatic carbocycles. The Labute approximate surface area is 208 Å². The minimum Gasteiger partial charge on any atom is -0.354 e. The smallest absolute Gasteiger partial charge is 0.354 e. The summed E-state index contributed by atoms with van der Waals surface area (Å²) in [4.78, 5) is 6.92. The predicted molar refractivity (Wildman–Crippen MR) is 141 cm³/mol. The Morgan fingerprint density at radius 3 is 1.73 bits per heavy atom. The first-order valence-corrected chi connectivity index (χ1v) is 11.8. The third-order valence-corrected chi connectivity index (χ3v) is 7.03. The summed E-state index contributed by atoms with van der Waals surface area (Å²) in [5.41, 5.74) is 4.09. The molecule has 0 fully saturated rings. The molecule has 0 unspecified atom stereocenters. The average Bonchev–Trinajstić information content (AvgIpc) is 3.46. The Morgan fingerprint density at radius 2 is 1.11 bits per heavy atom. The van der Waals surface area contributed by atoms with Crippen molar-refractivity contribution >= 4 is 43.6 Å². The third-order valence-electron chi connectivity index (χ3n) is 7.03. The molecule has 0 aliphatic rings. The fourth-order valence-corrected chi connectivity index (χ4v) is 5.56. The summed E-state index contributed by atoms with van der Waals surface area (Å²) in [7, 11) is 0. The first-order valence-electron chi connectivity index (χ1n) is 11.8. The predicted octanol–water partition coefficient (Wildman–Crippen LogP) is 9.45. The monoisotopic (exact) mass is 494 g/mol. The van der Waals surface area contributed by atoms with Crippen molar-refractivity contribution in [2.45, 2.75) is 6.18 Å². The molecule has 0 amide bonds. The molecule has 180 valence electrons. The van der Waals surface area contributed by atoms with Crippen molar-refractivity contribution < 1.29 is 17.6 Å². The number of fused-ring (bicyclic) bond motifs is 6. The van der Waals surface area contributed by atoms with Gasteiger partial charge in [-0.05, 0) is 35.4 Å². The van der Waals surface area contributed by atoms with Gasteiger partial charge in [-0.25, -0.2) is 4.39 Å². The van der Waals surface area contributed by atoms with Crippen LogP contribution in [0.5, 0.6) is 0 Å². The molecule has 37 heavy (non-hydrogen) atoms. The largest absolute Gasteiger partial charge is 0.417 e. The van der Waals surface area contributed by atoms with Crippen molar-refractivity contribution in [3.8, 4) is 22.3 Å². The minimum atomic E-state index is -4.74. The number of nitrogens with one attached hydrogen (secondary N) is 2. The number of aromatic nitrogens is 2. The molecule has 2 nitrogen and oxygen atoms in total. The van der Waals surface area contributed by atoms with Gasteiger partial charge >= 0.3 is 6.18 Å². The van der Waals surface area contributed by atoms with Crippen LogP contribution in [0.25, 0.3) is 65.9 Å². The number of hydrogen-bond acceptors (Lipinski definition) is 0. The first kappa shape index (κ1) is 21.7. The number of H-pyrrole nitrogens is 2. The van der Waals surface area contributed by atoms with E-state index in [9.17, 15) is 17.6 Å². The van der Waals surface area contributed by atoms with Gasteiger partial charge in [-0.3, -0.25) is 0 Å². The molecule has 0 spiro atoms. The van der Waals surface area contributed by atoms with E-state index >= 15 is 0 Å². The van der Waals surface area contributed by atoms with Gasteiger partial charge in [0.2, 0.25) is 0 Å². The number of rotatable bonds is 2. The lowest BCUT2D eigenvalue weighted by Crippen LogP contribution is -2.08. The van der Waals surface area contributed by atoms with Crippen LogP contribution in [0.15, 0.2) is 97.1 Å². The molecule has 0 aliphatic heterocycles. The van der Waals surface area contributed by atoms with Gasteiger partial charge in [0.1, 0.15) is 5.82 Å². The van der Waals surface area contributed by atoms with Crippen molar-refractivity contribution in [2.75, 3.05) is 0 Å². The van der Waals surface area contributed by atoms with Crippen LogP contribution in [-0.2, 0) is 6.18 Å². The van der Waals surface area contributed by atoms with E-state index in [-0.39, 0.29) is 5.56 Å². The number of halogens is 4. The van der Waals surface area contributed by atoms with Crippen LogP contribution in [0.4, 0.5) is 17.6 Å². The number of alkyl halides is 3. The summed E-state index contributed by atoms with van der Waals surface area (Å²) in [5, 5.41) is 3.16. The van der Waals surface area contributed by atoms with Crippen LogP contribution in [0, 0.1) is 5.82 Å². The van der Waals surface area contributed by atoms with Gasteiger partial charge in [0.15, 0.2) is 0 Å². The van der Waals surface area contributed by atoms with Crippen molar-refractivity contribution in [3.05, 3.63) is 108 Å². The Morgan fingerprint density at radius 1 is 0.568 bits per heavy atom. The highest BCUT2D eigenvalue weighted by Gasteiger charge is 2.36. The highest BCUT2D eigenvalue weighted by Crippen LogP contribution is 2.50. The minimum absolute atomic E-state index is 0.0696. The molecule has 5 aromatic carbocycles. The molecular formula is C31H18F4N2. The maximum absolute atomic E-state index is 14.3. The summed E-state index contributed by atoms with van der Waals surface area (Å²) < 4.78 is 57.1. The van der Waals surface area contributed by atoms with E-state index in [1.807, 2.05) is 78.9 Å². The summed E-state index contributed by atoms with van der Waals surface area (Å²) in [6, 6.07) is 28.0. The van der Waals surface area contributed by atoms with Crippen LogP contribution in [0.1, 0.15) is 5.56 Å². The molecule has 2 aromatic heterocycles. The van der Waals surface area contributed by atoms with Gasteiger partial charge < -0.3 is 9.97 Å². The normalized spacial score (nSPS) is 12.3. The molecule has 6 heteroatoms. The van der Waals surface area contributed by atoms with Crippen LogP contribution in [0.3, 0.4) is 0 Å². The van der Waals surface area contributed by atoms with Crippen LogP contribution in [0.2, 0.25) is 0 Å². The lowest BCUT2D eigenvalue weighted by molar-refractivity contribution is -0.137. The fourth-order valence-electron chi connectivity index (χ4n) is 5.56. The number of benzene rings is 5. The zero-order valence-electron chi connectivity index (χ0n) is 19.2. The Hall–Kier alpha value is -4.58. The second-order valence-electron chi connectivity index (χ2n) is 9.14. The van der Waals surface area contributed by atoms with E-state index in [4.69, 9.17) is 0 Å². The van der Waals surface area contributed by atoms with E-state index in [1.165, 1.54) is 6.07 Å². The summed E-state index contributed by atoms with van der Waals surface area (Å²) in [5.74, 6) is -0.931. The van der Waals surface area contributed by atoms with E-state index < -0.39 is 17.6 Å². The van der Waals surface area contributed by atoms with E-state index in [0.29, 0.717) is 22.5 Å². The van der Waals surface area contributed by atoms with E-state index in [2.05, 4.69) is 9.97 Å². The van der Waals surface area contributed by atoms with E-state index in [0.717, 1.165) is 49.9 Å². The summed E-state index contributed by atoms with van der Waals surface area (Å²) >= 11 is 0. The molecule has 2 heterocycles. The van der Waals surface area contributed by atoms with Crippen LogP contribution < -0.4 is 0 Å². The van der Waals surface area contributed by atoms with Crippen molar-refractivity contribution in [2.24, 2.45) is 0 Å². The molecule has 7 rings (SSSR count). The van der Waals surface area contributed by atoms with E-state index in [1.54, 1.807) is 0 Å². The quantitative estimate of drug-likeness (QED) is 0.224. The summed E-state index contributed by atoms with van der Waals surface area (Å²) in [6.45, 7) is 0. The maximum atomic E-state index is 14.3. The molecule has 0 radical (unpaired) electrons. The maximum Gasteiger partial charge on any atom is 0.417 e. The number of hydrogen-bond donors (Lipinski definition) is 2. The van der Waals surface area contributed by atoms with Gasteiger partial charge in [-0.1, -0.05) is 72.8 Å². The molecule has 0 bridgehead atoms. The molecule has 2 N–H and O–H groups in total. The van der Waals surface area contributed by atoms with Crippen molar-refractivity contribution in [1.82, 2.24) is 9.97 Å². The van der Waals surface area contributed by atoms with Crippen LogP contribution in [-0.4, -0.2) is 9.97 Å². The molecule has 0 atom stereocenters. The standard InChI is InChI=1S/C31H18F4N2/c32-18-14-15-19(22(16-18)31(33,34)35)26-28-21-11-5-7-13-24(21)36-29(28)25(17-8-2-1-3-9-17)27-20-10-4-6-12-23(20)37-30(26)27/h1-16,36-37H. The highest BCUT2D eigenvalue weighted by molar-refractivity contribution is 6.31. The molecule has 7 aromatic rings. The molecule has 0 saturated carbocycles. The highest BCUT2D eigenvalue weighted by atomic mass is 19.4. The first-order chi connectivity index (χ1) is 17.9. The van der Waals surface area contributed by atoms with Gasteiger partial charge in [0, 0.05) is 43.7 Å².